The SMILES string of the molecule is COc1ccc(S(=O)(=O)N(C)CC(=O)N/N=C\c2ccccc2C(F)(F)F)cc1OC. The van der Waals surface area contributed by atoms with Gasteiger partial charge in [0.25, 0.3) is 5.91 Å². The highest BCUT2D eigenvalue weighted by Crippen LogP contribution is 2.31. The fourth-order valence-corrected chi connectivity index (χ4v) is 3.66. The minimum absolute atomic E-state index is 0.136. The van der Waals surface area contributed by atoms with Gasteiger partial charge >= 0.3 is 6.18 Å². The van der Waals surface area contributed by atoms with Crippen LogP contribution in [0.1, 0.15) is 11.1 Å². The van der Waals surface area contributed by atoms with Crippen molar-refractivity contribution in [3.05, 3.63) is 53.6 Å². The van der Waals surface area contributed by atoms with Crippen LogP contribution in [0.15, 0.2) is 52.5 Å². The number of benzene rings is 2. The second-order valence-corrected chi connectivity index (χ2v) is 8.20. The summed E-state index contributed by atoms with van der Waals surface area (Å²) in [5.74, 6) is -0.322. The first kappa shape index (κ1) is 24.2. The molecule has 0 heterocycles. The Balaban J connectivity index is 2.08. The molecule has 31 heavy (non-hydrogen) atoms. The molecule has 0 fully saturated rings. The van der Waals surface area contributed by atoms with Gasteiger partial charge in [-0.05, 0) is 18.2 Å². The molecule has 0 atom stereocenters. The van der Waals surface area contributed by atoms with E-state index in [4.69, 9.17) is 9.47 Å². The predicted octanol–water partition coefficient (Wildman–Crippen LogP) is 2.49. The number of methoxy groups -OCH3 is 2. The summed E-state index contributed by atoms with van der Waals surface area (Å²) < 4.78 is 75.1. The molecule has 0 unspecified atom stereocenters. The Labute approximate surface area is 177 Å². The topological polar surface area (TPSA) is 97.3 Å². The van der Waals surface area contributed by atoms with E-state index < -0.39 is 34.2 Å². The molecule has 0 saturated carbocycles. The average Bonchev–Trinajstić information content (AvgIpc) is 2.72. The van der Waals surface area contributed by atoms with Gasteiger partial charge < -0.3 is 9.47 Å². The summed E-state index contributed by atoms with van der Waals surface area (Å²) in [6, 6.07) is 8.63. The highest BCUT2D eigenvalue weighted by atomic mass is 32.2. The molecule has 0 radical (unpaired) electrons. The Hall–Kier alpha value is -3.12. The summed E-state index contributed by atoms with van der Waals surface area (Å²) in [6.45, 7) is -0.616. The van der Waals surface area contributed by atoms with Gasteiger partial charge in [0, 0.05) is 18.7 Å². The van der Waals surface area contributed by atoms with Crippen LogP contribution in [0, 0.1) is 0 Å². The fraction of sp³-hybridized carbons (Fsp3) is 0.263. The lowest BCUT2D eigenvalue weighted by Gasteiger charge is -2.17. The molecule has 0 spiro atoms. The van der Waals surface area contributed by atoms with Crippen molar-refractivity contribution in [3.8, 4) is 11.5 Å². The minimum Gasteiger partial charge on any atom is -0.493 e. The van der Waals surface area contributed by atoms with Crippen molar-refractivity contribution in [1.29, 1.82) is 0 Å². The van der Waals surface area contributed by atoms with Crippen LogP contribution in [0.5, 0.6) is 11.5 Å². The zero-order chi connectivity index (χ0) is 23.2. The van der Waals surface area contributed by atoms with Gasteiger partial charge in [0.05, 0.1) is 37.4 Å². The number of hydrogen-bond donors (Lipinski definition) is 1. The molecular weight excluding hydrogens is 439 g/mol. The second-order valence-electron chi connectivity index (χ2n) is 6.16. The van der Waals surface area contributed by atoms with Crippen molar-refractivity contribution in [3.63, 3.8) is 0 Å². The van der Waals surface area contributed by atoms with Crippen molar-refractivity contribution in [1.82, 2.24) is 9.73 Å². The van der Waals surface area contributed by atoms with Crippen LogP contribution in [0.2, 0.25) is 0 Å². The molecule has 12 heteroatoms. The third-order valence-electron chi connectivity index (χ3n) is 4.09. The van der Waals surface area contributed by atoms with E-state index in [0.717, 1.165) is 16.6 Å². The number of likely N-dealkylation sites (N-methyl/N-ethyl adjacent to an activating group) is 1. The number of hydrogen-bond acceptors (Lipinski definition) is 6. The Morgan fingerprint density at radius 1 is 1.13 bits per heavy atom. The Kier molecular flexibility index (Phi) is 7.63. The number of hydrazone groups is 1. The maximum atomic E-state index is 13.0. The predicted molar refractivity (Wildman–Crippen MR) is 107 cm³/mol. The smallest absolute Gasteiger partial charge is 0.417 e. The number of carbonyl (C=O) groups is 1. The van der Waals surface area contributed by atoms with Gasteiger partial charge in [-0.25, -0.2) is 13.8 Å². The zero-order valence-electron chi connectivity index (χ0n) is 16.8. The highest BCUT2D eigenvalue weighted by Gasteiger charge is 2.32. The van der Waals surface area contributed by atoms with Crippen LogP contribution in [-0.2, 0) is 21.0 Å². The molecule has 1 N–H and O–H groups in total. The Morgan fingerprint density at radius 3 is 2.39 bits per heavy atom. The van der Waals surface area contributed by atoms with Crippen LogP contribution in [0.3, 0.4) is 0 Å². The van der Waals surface area contributed by atoms with Crippen LogP contribution in [0.25, 0.3) is 0 Å². The van der Waals surface area contributed by atoms with Gasteiger partial charge in [0.15, 0.2) is 11.5 Å². The molecular formula is C19H20F3N3O5S. The highest BCUT2D eigenvalue weighted by molar-refractivity contribution is 7.89. The largest absolute Gasteiger partial charge is 0.493 e. The number of alkyl halides is 3. The van der Waals surface area contributed by atoms with Crippen LogP contribution in [0.4, 0.5) is 13.2 Å². The number of amides is 1. The first-order valence-corrected chi connectivity index (χ1v) is 10.1. The van der Waals surface area contributed by atoms with E-state index in [1.807, 2.05) is 5.43 Å². The van der Waals surface area contributed by atoms with E-state index in [-0.39, 0.29) is 16.2 Å². The standard InChI is InChI=1S/C19H20F3N3O5S/c1-25(31(27,28)14-8-9-16(29-2)17(10-14)30-3)12-18(26)24-23-11-13-6-4-5-7-15(13)19(20,21)22/h4-11H,12H2,1-3H3,(H,24,26)/b23-11-. The summed E-state index contributed by atoms with van der Waals surface area (Å²) in [7, 11) is -0.137. The van der Waals surface area contributed by atoms with Gasteiger partial charge in [-0.2, -0.15) is 22.6 Å². The number of nitrogens with one attached hydrogen (secondary N) is 1. The summed E-state index contributed by atoms with van der Waals surface area (Å²) in [4.78, 5) is 11.9. The molecule has 0 aliphatic heterocycles. The van der Waals surface area contributed by atoms with Crippen molar-refractivity contribution >= 4 is 22.1 Å². The molecule has 0 saturated heterocycles. The third kappa shape index (κ3) is 5.95. The molecule has 8 nitrogen and oxygen atoms in total. The maximum Gasteiger partial charge on any atom is 0.417 e. The maximum absolute atomic E-state index is 13.0. The molecule has 0 aliphatic rings. The summed E-state index contributed by atoms with van der Waals surface area (Å²) in [5.41, 5.74) is 0.853. The Morgan fingerprint density at radius 2 is 1.77 bits per heavy atom. The normalized spacial score (nSPS) is 12.2. The van der Waals surface area contributed by atoms with Crippen LogP contribution < -0.4 is 14.9 Å². The fourth-order valence-electron chi connectivity index (χ4n) is 2.52. The molecule has 2 aromatic carbocycles. The van der Waals surface area contributed by atoms with Gasteiger partial charge in [-0.15, -0.1) is 0 Å². The number of ether oxygens (including phenoxy) is 2. The summed E-state index contributed by atoms with van der Waals surface area (Å²) >= 11 is 0. The van der Waals surface area contributed by atoms with Gasteiger partial charge in [0.1, 0.15) is 0 Å². The van der Waals surface area contributed by atoms with Crippen LogP contribution >= 0.6 is 0 Å². The van der Waals surface area contributed by atoms with E-state index >= 15 is 0 Å². The first-order chi connectivity index (χ1) is 14.5. The molecule has 2 rings (SSSR count). The Bertz CT molecular complexity index is 1070. The second kappa shape index (κ2) is 9.79. The number of halogens is 3. The molecule has 0 bridgehead atoms. The van der Waals surface area contributed by atoms with Crippen molar-refractivity contribution in [2.75, 3.05) is 27.8 Å². The number of nitrogens with zero attached hydrogens (tertiary/aromatic N) is 2. The molecule has 0 aliphatic carbocycles. The molecule has 0 aromatic heterocycles. The molecule has 2 aromatic rings. The monoisotopic (exact) mass is 459 g/mol. The van der Waals surface area contributed by atoms with E-state index in [1.165, 1.54) is 57.7 Å². The van der Waals surface area contributed by atoms with Crippen molar-refractivity contribution in [2.24, 2.45) is 5.10 Å². The lowest BCUT2D eigenvalue weighted by Crippen LogP contribution is -2.36. The quantitative estimate of drug-likeness (QED) is 0.483. The van der Waals surface area contributed by atoms with Crippen molar-refractivity contribution in [2.45, 2.75) is 11.1 Å². The van der Waals surface area contributed by atoms with E-state index in [0.29, 0.717) is 5.75 Å². The minimum atomic E-state index is -4.58. The van der Waals surface area contributed by atoms with Gasteiger partial charge in [-0.1, -0.05) is 18.2 Å². The first-order valence-electron chi connectivity index (χ1n) is 8.67. The van der Waals surface area contributed by atoms with Gasteiger partial charge in [-0.3, -0.25) is 4.79 Å². The van der Waals surface area contributed by atoms with E-state index in [1.54, 1.807) is 0 Å². The summed E-state index contributed by atoms with van der Waals surface area (Å²) in [6.07, 6.45) is -3.75. The van der Waals surface area contributed by atoms with E-state index in [9.17, 15) is 26.4 Å². The summed E-state index contributed by atoms with van der Waals surface area (Å²) in [5, 5.41) is 3.49. The zero-order valence-corrected chi connectivity index (χ0v) is 17.6. The third-order valence-corrected chi connectivity index (χ3v) is 5.89. The van der Waals surface area contributed by atoms with Gasteiger partial charge in [0.2, 0.25) is 10.0 Å². The van der Waals surface area contributed by atoms with E-state index in [2.05, 4.69) is 5.10 Å². The van der Waals surface area contributed by atoms with Crippen LogP contribution in [-0.4, -0.2) is 52.7 Å². The molecule has 168 valence electrons. The lowest BCUT2D eigenvalue weighted by molar-refractivity contribution is -0.137. The lowest BCUT2D eigenvalue weighted by atomic mass is 10.1. The average molecular weight is 459 g/mol. The molecule has 1 amide bonds. The number of sulfonamides is 1. The number of rotatable bonds is 8. The van der Waals surface area contributed by atoms with Crippen molar-refractivity contribution < 1.29 is 35.9 Å². The number of carbonyl (C=O) groups excluding carboxylic acids is 1.